The van der Waals surface area contributed by atoms with E-state index < -0.39 is 0 Å². The first kappa shape index (κ1) is 52.1. The molecular weight excluding hydrogens is 1150 g/mol. The van der Waals surface area contributed by atoms with Gasteiger partial charge in [0.2, 0.25) is 0 Å². The molecule has 0 saturated carbocycles. The van der Waals surface area contributed by atoms with Gasteiger partial charge in [0.1, 0.15) is 33.5 Å². The van der Waals surface area contributed by atoms with Crippen LogP contribution < -0.4 is 0 Å². The Morgan fingerprint density at radius 3 is 1.17 bits per heavy atom. The topological polar surface area (TPSA) is 39.4 Å². The monoisotopic (exact) mass is 1200 g/mol. The number of furan rings is 3. The van der Waals surface area contributed by atoms with E-state index in [1.54, 1.807) is 0 Å². The van der Waals surface area contributed by atoms with Crippen LogP contribution in [0.5, 0.6) is 0 Å². The molecule has 438 valence electrons. The molecule has 0 unspecified atom stereocenters. The molecule has 0 fully saturated rings. The zero-order valence-electron chi connectivity index (χ0n) is 51.2. The van der Waals surface area contributed by atoms with E-state index in [-0.39, 0.29) is 0 Å². The van der Waals surface area contributed by atoms with Crippen molar-refractivity contribution in [2.75, 3.05) is 0 Å². The highest BCUT2D eigenvalue weighted by Gasteiger charge is 2.28. The molecule has 0 saturated heterocycles. The Morgan fingerprint density at radius 1 is 0.158 bits per heavy atom. The lowest BCUT2D eigenvalue weighted by molar-refractivity contribution is 0.669. The predicted molar refractivity (Wildman–Crippen MR) is 400 cm³/mol. The van der Waals surface area contributed by atoms with Gasteiger partial charge in [0.05, 0.1) is 0 Å². The Kier molecular flexibility index (Phi) is 11.0. The van der Waals surface area contributed by atoms with Crippen LogP contribution in [0.4, 0.5) is 0 Å². The van der Waals surface area contributed by atoms with E-state index in [9.17, 15) is 0 Å². The molecule has 3 heterocycles. The van der Waals surface area contributed by atoms with Crippen molar-refractivity contribution in [1.82, 2.24) is 0 Å². The van der Waals surface area contributed by atoms with Crippen molar-refractivity contribution in [3.8, 4) is 77.9 Å². The van der Waals surface area contributed by atoms with Gasteiger partial charge in [-0.2, -0.15) is 0 Å². The van der Waals surface area contributed by atoms with E-state index in [1.807, 2.05) is 6.07 Å². The Balaban J connectivity index is 0.818. The Hall–Kier alpha value is -12.6. The summed E-state index contributed by atoms with van der Waals surface area (Å²) in [4.78, 5) is 0. The minimum absolute atomic E-state index is 0.843. The van der Waals surface area contributed by atoms with Crippen LogP contribution in [-0.2, 0) is 0 Å². The van der Waals surface area contributed by atoms with Crippen LogP contribution in [0, 0.1) is 0 Å². The van der Waals surface area contributed by atoms with Crippen molar-refractivity contribution < 1.29 is 13.3 Å². The molecule has 0 radical (unpaired) electrons. The molecule has 0 amide bonds. The fraction of sp³-hybridized carbons (Fsp3) is 0. The second-order valence-corrected chi connectivity index (χ2v) is 25.5. The molecule has 0 atom stereocenters. The van der Waals surface area contributed by atoms with Gasteiger partial charge in [-0.05, 0) is 179 Å². The molecule has 0 aliphatic heterocycles. The van der Waals surface area contributed by atoms with Crippen LogP contribution >= 0.6 is 0 Å². The summed E-state index contributed by atoms with van der Waals surface area (Å²) in [6.45, 7) is 0. The van der Waals surface area contributed by atoms with Crippen LogP contribution in [0.1, 0.15) is 0 Å². The molecule has 95 heavy (non-hydrogen) atoms. The standard InChI is InChI=1S/C92H52O3/c1-2-24-61(58(22-1)72-35-18-36-73-60-23-11-14-38-79(60)94-91(72)73)85-62-25-3-9-31-68(62)88(69-32-10-4-26-63(69)85)77-51-50-57(92-90(77)75-34-13-16-40-81(75)95-92)56-46-49-71(78(52-56)59-47-44-55-43-42-53-20-17-21-54-45-48-70(59)84(55)83(53)54)86-64-27-5-7-29-66(64)87(67-30-8-6-28-65(67)86)76-37-19-41-82-89(76)74-33-12-15-39-80(74)93-82/h1-52H. The number of fused-ring (bicyclic) bond motifs is 13. The number of hydrogen-bond acceptors (Lipinski definition) is 3. The van der Waals surface area contributed by atoms with Gasteiger partial charge in [-0.25, -0.2) is 0 Å². The van der Waals surface area contributed by atoms with Crippen molar-refractivity contribution in [3.63, 3.8) is 0 Å². The van der Waals surface area contributed by atoms with Crippen LogP contribution in [0.3, 0.4) is 0 Å². The third-order valence-corrected chi connectivity index (χ3v) is 20.6. The molecular formula is C92H52O3. The van der Waals surface area contributed by atoms with Crippen molar-refractivity contribution in [1.29, 1.82) is 0 Å². The maximum absolute atomic E-state index is 7.35. The van der Waals surface area contributed by atoms with Gasteiger partial charge in [0.25, 0.3) is 0 Å². The smallest absolute Gasteiger partial charge is 0.143 e. The molecule has 21 aromatic rings. The zero-order valence-corrected chi connectivity index (χ0v) is 51.2. The first-order chi connectivity index (χ1) is 47.2. The fourth-order valence-corrected chi connectivity index (χ4v) is 16.7. The van der Waals surface area contributed by atoms with Gasteiger partial charge < -0.3 is 13.3 Å². The van der Waals surface area contributed by atoms with Crippen LogP contribution in [0.25, 0.3) is 219 Å². The van der Waals surface area contributed by atoms with E-state index in [1.165, 1.54) is 103 Å². The molecule has 3 aromatic heterocycles. The SMILES string of the molecule is c1ccc(-c2cccc3c2oc2ccccc23)c(-c2c3ccccc3c(-c3ccc(-c4ccc(-c5c6ccccc6c(-c6cccc7oc8ccccc8c67)c6ccccc56)c(-c5ccc6ccc7cccc8ccc5c6c78)c4)c4oc5ccccc5c34)c3ccccc23)c1. The Bertz CT molecular complexity index is 6720. The van der Waals surface area contributed by atoms with Crippen molar-refractivity contribution in [3.05, 3.63) is 315 Å². The molecule has 21 rings (SSSR count). The summed E-state index contributed by atoms with van der Waals surface area (Å²) >= 11 is 0. The number of benzene rings is 18. The lowest BCUT2D eigenvalue weighted by Crippen LogP contribution is -1.95. The maximum Gasteiger partial charge on any atom is 0.143 e. The predicted octanol–water partition coefficient (Wildman–Crippen LogP) is 26.6. The molecule has 0 bridgehead atoms. The minimum Gasteiger partial charge on any atom is -0.456 e. The second kappa shape index (κ2) is 20.0. The highest BCUT2D eigenvalue weighted by atomic mass is 16.3. The average Bonchev–Trinajstić information content (AvgIpc) is 1.57. The van der Waals surface area contributed by atoms with E-state index >= 15 is 0 Å². The summed E-state index contributed by atoms with van der Waals surface area (Å²) in [5.74, 6) is 0. The van der Waals surface area contributed by atoms with Crippen molar-refractivity contribution in [2.24, 2.45) is 0 Å². The summed E-state index contributed by atoms with van der Waals surface area (Å²) in [5.41, 5.74) is 21.1. The zero-order chi connectivity index (χ0) is 62.0. The lowest BCUT2D eigenvalue weighted by atomic mass is 9.81. The number of para-hydroxylation sites is 4. The highest BCUT2D eigenvalue weighted by Crippen LogP contribution is 2.54. The number of rotatable bonds is 7. The quantitative estimate of drug-likeness (QED) is 0.118. The molecule has 0 aliphatic carbocycles. The summed E-state index contributed by atoms with van der Waals surface area (Å²) in [6, 6.07) is 116. The fourth-order valence-electron chi connectivity index (χ4n) is 16.7. The lowest BCUT2D eigenvalue weighted by Gasteiger charge is -2.22. The normalized spacial score (nSPS) is 12.2. The summed E-state index contributed by atoms with van der Waals surface area (Å²) in [5, 5.41) is 23.5. The minimum atomic E-state index is 0.843. The third kappa shape index (κ3) is 7.46. The summed E-state index contributed by atoms with van der Waals surface area (Å²) in [6.07, 6.45) is 0. The van der Waals surface area contributed by atoms with Crippen molar-refractivity contribution in [2.45, 2.75) is 0 Å². The Morgan fingerprint density at radius 2 is 0.537 bits per heavy atom. The molecule has 0 spiro atoms. The van der Waals surface area contributed by atoms with Gasteiger partial charge in [-0.3, -0.25) is 0 Å². The summed E-state index contributed by atoms with van der Waals surface area (Å²) in [7, 11) is 0. The molecule has 3 heteroatoms. The van der Waals surface area contributed by atoms with Gasteiger partial charge in [-0.15, -0.1) is 0 Å². The van der Waals surface area contributed by atoms with Gasteiger partial charge in [0, 0.05) is 43.4 Å². The first-order valence-corrected chi connectivity index (χ1v) is 32.7. The number of hydrogen-bond donors (Lipinski definition) is 0. The van der Waals surface area contributed by atoms with E-state index in [4.69, 9.17) is 13.3 Å². The first-order valence-electron chi connectivity index (χ1n) is 32.7. The average molecular weight is 1210 g/mol. The van der Waals surface area contributed by atoms with E-state index in [0.29, 0.717) is 0 Å². The van der Waals surface area contributed by atoms with E-state index in [0.717, 1.165) is 116 Å². The summed E-state index contributed by atoms with van der Waals surface area (Å²) < 4.78 is 20.7. The Labute approximate surface area is 544 Å². The third-order valence-electron chi connectivity index (χ3n) is 20.6. The second-order valence-electron chi connectivity index (χ2n) is 25.5. The van der Waals surface area contributed by atoms with Crippen LogP contribution in [0.2, 0.25) is 0 Å². The van der Waals surface area contributed by atoms with Crippen LogP contribution in [0.15, 0.2) is 329 Å². The molecule has 3 nitrogen and oxygen atoms in total. The largest absolute Gasteiger partial charge is 0.456 e. The van der Waals surface area contributed by atoms with Crippen molar-refractivity contribution >= 4 is 141 Å². The molecule has 18 aromatic carbocycles. The maximum atomic E-state index is 7.35. The van der Waals surface area contributed by atoms with Crippen LogP contribution in [-0.4, -0.2) is 0 Å². The van der Waals surface area contributed by atoms with Gasteiger partial charge >= 0.3 is 0 Å². The van der Waals surface area contributed by atoms with E-state index in [2.05, 4.69) is 309 Å². The van der Waals surface area contributed by atoms with Gasteiger partial charge in [-0.1, -0.05) is 279 Å². The van der Waals surface area contributed by atoms with Gasteiger partial charge in [0.15, 0.2) is 0 Å². The molecule has 0 aliphatic rings. The highest BCUT2D eigenvalue weighted by molar-refractivity contribution is 6.31. The molecule has 0 N–H and O–H groups in total.